The van der Waals surface area contributed by atoms with E-state index in [-0.39, 0.29) is 5.41 Å². The average molecular weight is 259 g/mol. The van der Waals surface area contributed by atoms with Crippen LogP contribution in [0.15, 0.2) is 12.1 Å². The van der Waals surface area contributed by atoms with Crippen molar-refractivity contribution in [2.75, 3.05) is 13.1 Å². The van der Waals surface area contributed by atoms with Crippen molar-refractivity contribution in [2.24, 2.45) is 5.92 Å². The molecule has 0 amide bonds. The summed E-state index contributed by atoms with van der Waals surface area (Å²) in [5, 5.41) is 3.53. The normalized spacial score (nSPS) is 20.6. The Labute approximate surface area is 118 Å². The largest absolute Gasteiger partial charge is 0.316 e. The van der Waals surface area contributed by atoms with Crippen molar-refractivity contribution >= 4 is 0 Å². The van der Waals surface area contributed by atoms with Gasteiger partial charge in [-0.3, -0.25) is 0 Å². The molecule has 0 spiro atoms. The van der Waals surface area contributed by atoms with E-state index < -0.39 is 0 Å². The van der Waals surface area contributed by atoms with Gasteiger partial charge in [0.15, 0.2) is 0 Å². The molecule has 0 radical (unpaired) electrons. The molecular formula is C18H29N. The summed E-state index contributed by atoms with van der Waals surface area (Å²) < 4.78 is 0. The van der Waals surface area contributed by atoms with Crippen LogP contribution in [0, 0.1) is 19.8 Å². The van der Waals surface area contributed by atoms with E-state index in [9.17, 15) is 0 Å². The van der Waals surface area contributed by atoms with Crippen molar-refractivity contribution in [1.82, 2.24) is 5.32 Å². The summed E-state index contributed by atoms with van der Waals surface area (Å²) in [4.78, 5) is 0. The summed E-state index contributed by atoms with van der Waals surface area (Å²) in [6.45, 7) is 13.9. The second-order valence-electron chi connectivity index (χ2n) is 7.26. The van der Waals surface area contributed by atoms with Crippen LogP contribution in [0.1, 0.15) is 55.9 Å². The lowest BCUT2D eigenvalue weighted by atomic mass is 9.81. The Balaban J connectivity index is 2.21. The molecule has 0 aliphatic carbocycles. The van der Waals surface area contributed by atoms with Gasteiger partial charge in [0.2, 0.25) is 0 Å². The quantitative estimate of drug-likeness (QED) is 0.841. The molecule has 106 valence electrons. The number of piperidine rings is 1. The van der Waals surface area contributed by atoms with E-state index in [1.54, 1.807) is 5.56 Å². The summed E-state index contributed by atoms with van der Waals surface area (Å²) in [6.07, 6.45) is 3.96. The molecule has 1 aliphatic rings. The first-order valence-corrected chi connectivity index (χ1v) is 7.69. The van der Waals surface area contributed by atoms with Crippen LogP contribution in [0.2, 0.25) is 0 Å². The van der Waals surface area contributed by atoms with E-state index >= 15 is 0 Å². The predicted molar refractivity (Wildman–Crippen MR) is 83.9 cm³/mol. The molecule has 1 nitrogen and oxygen atoms in total. The smallest absolute Gasteiger partial charge is 0.00173 e. The Morgan fingerprint density at radius 2 is 1.79 bits per heavy atom. The van der Waals surface area contributed by atoms with Gasteiger partial charge in [0.25, 0.3) is 0 Å². The lowest BCUT2D eigenvalue weighted by Crippen LogP contribution is -2.31. The molecular weight excluding hydrogens is 230 g/mol. The van der Waals surface area contributed by atoms with Crippen LogP contribution in [0.3, 0.4) is 0 Å². The number of rotatable bonds is 2. The highest BCUT2D eigenvalue weighted by atomic mass is 14.9. The molecule has 1 aliphatic heterocycles. The number of hydrogen-bond acceptors (Lipinski definition) is 1. The first kappa shape index (κ1) is 14.6. The Bertz CT molecular complexity index is 410. The summed E-state index contributed by atoms with van der Waals surface area (Å²) in [7, 11) is 0. The number of benzene rings is 1. The minimum Gasteiger partial charge on any atom is -0.316 e. The van der Waals surface area contributed by atoms with E-state index in [2.05, 4.69) is 52.1 Å². The van der Waals surface area contributed by atoms with E-state index in [0.717, 1.165) is 5.92 Å². The van der Waals surface area contributed by atoms with Gasteiger partial charge >= 0.3 is 0 Å². The van der Waals surface area contributed by atoms with Gasteiger partial charge in [-0.1, -0.05) is 32.9 Å². The molecule has 0 bridgehead atoms. The van der Waals surface area contributed by atoms with Crippen molar-refractivity contribution in [3.05, 3.63) is 34.4 Å². The number of aryl methyl sites for hydroxylation is 2. The fourth-order valence-corrected chi connectivity index (χ4v) is 3.14. The Morgan fingerprint density at radius 3 is 2.26 bits per heavy atom. The highest BCUT2D eigenvalue weighted by Gasteiger charge is 2.19. The van der Waals surface area contributed by atoms with Crippen molar-refractivity contribution in [3.8, 4) is 0 Å². The maximum absolute atomic E-state index is 3.53. The zero-order valence-electron chi connectivity index (χ0n) is 13.3. The zero-order chi connectivity index (χ0) is 14.0. The van der Waals surface area contributed by atoms with Gasteiger partial charge < -0.3 is 5.32 Å². The van der Waals surface area contributed by atoms with Gasteiger partial charge in [-0.05, 0) is 79.8 Å². The molecule has 1 N–H and O–H groups in total. The lowest BCUT2D eigenvalue weighted by Gasteiger charge is -2.26. The Kier molecular flexibility index (Phi) is 4.35. The maximum Gasteiger partial charge on any atom is -0.00173 e. The molecule has 0 saturated carbocycles. The van der Waals surface area contributed by atoms with Gasteiger partial charge in [0.1, 0.15) is 0 Å². The van der Waals surface area contributed by atoms with Crippen LogP contribution in [0.5, 0.6) is 0 Å². The first-order chi connectivity index (χ1) is 8.88. The van der Waals surface area contributed by atoms with Crippen molar-refractivity contribution < 1.29 is 0 Å². The molecule has 19 heavy (non-hydrogen) atoms. The Hall–Kier alpha value is -0.820. The van der Waals surface area contributed by atoms with Crippen LogP contribution in [0.25, 0.3) is 0 Å². The van der Waals surface area contributed by atoms with E-state index in [1.165, 1.54) is 49.0 Å². The first-order valence-electron chi connectivity index (χ1n) is 7.69. The van der Waals surface area contributed by atoms with Crippen molar-refractivity contribution in [1.29, 1.82) is 0 Å². The van der Waals surface area contributed by atoms with Crippen LogP contribution in [-0.4, -0.2) is 13.1 Å². The molecule has 1 saturated heterocycles. The van der Waals surface area contributed by atoms with E-state index in [4.69, 9.17) is 0 Å². The lowest BCUT2D eigenvalue weighted by molar-refractivity contribution is 0.375. The van der Waals surface area contributed by atoms with E-state index in [1.807, 2.05) is 0 Å². The minimum atomic E-state index is 0.250. The van der Waals surface area contributed by atoms with Gasteiger partial charge in [-0.25, -0.2) is 0 Å². The highest BCUT2D eigenvalue weighted by molar-refractivity contribution is 5.40. The molecule has 1 aromatic rings. The molecule has 2 rings (SSSR count). The third-order valence-corrected chi connectivity index (χ3v) is 4.45. The maximum atomic E-state index is 3.53. The van der Waals surface area contributed by atoms with Crippen LogP contribution < -0.4 is 5.32 Å². The second kappa shape index (κ2) is 5.66. The summed E-state index contributed by atoms with van der Waals surface area (Å²) in [5.74, 6) is 0.826. The molecule has 1 unspecified atom stereocenters. The fraction of sp³-hybridized carbons (Fsp3) is 0.667. The van der Waals surface area contributed by atoms with Gasteiger partial charge in [-0.15, -0.1) is 0 Å². The summed E-state index contributed by atoms with van der Waals surface area (Å²) in [5.41, 5.74) is 6.26. The topological polar surface area (TPSA) is 12.0 Å². The van der Waals surface area contributed by atoms with Gasteiger partial charge in [0, 0.05) is 0 Å². The second-order valence-corrected chi connectivity index (χ2v) is 7.26. The Morgan fingerprint density at radius 1 is 1.16 bits per heavy atom. The number of nitrogens with one attached hydrogen (secondary N) is 1. The van der Waals surface area contributed by atoms with E-state index in [0.29, 0.717) is 0 Å². The molecule has 1 aromatic carbocycles. The van der Waals surface area contributed by atoms with Crippen molar-refractivity contribution in [2.45, 2.75) is 59.3 Å². The van der Waals surface area contributed by atoms with Crippen LogP contribution in [-0.2, 0) is 11.8 Å². The standard InChI is InChI=1S/C18H29N/c1-13-9-16(18(3,4)5)10-14(2)17(13)11-15-7-6-8-19-12-15/h9-10,15,19H,6-8,11-12H2,1-5H3. The average Bonchev–Trinajstić information content (AvgIpc) is 2.33. The summed E-state index contributed by atoms with van der Waals surface area (Å²) in [6, 6.07) is 4.80. The third-order valence-electron chi connectivity index (χ3n) is 4.45. The molecule has 1 heterocycles. The van der Waals surface area contributed by atoms with Crippen LogP contribution in [0.4, 0.5) is 0 Å². The molecule has 1 fully saturated rings. The highest BCUT2D eigenvalue weighted by Crippen LogP contribution is 2.29. The molecule has 0 aromatic heterocycles. The third kappa shape index (κ3) is 3.60. The molecule has 1 atom stereocenters. The fourth-order valence-electron chi connectivity index (χ4n) is 3.14. The molecule has 1 heteroatoms. The van der Waals surface area contributed by atoms with Gasteiger partial charge in [-0.2, -0.15) is 0 Å². The van der Waals surface area contributed by atoms with Gasteiger partial charge in [0.05, 0.1) is 0 Å². The predicted octanol–water partition coefficient (Wildman–Crippen LogP) is 4.14. The SMILES string of the molecule is Cc1cc(C(C)(C)C)cc(C)c1CC1CCCNC1. The monoisotopic (exact) mass is 259 g/mol. The van der Waals surface area contributed by atoms with Crippen molar-refractivity contribution in [3.63, 3.8) is 0 Å². The number of hydrogen-bond donors (Lipinski definition) is 1. The zero-order valence-corrected chi connectivity index (χ0v) is 13.3. The minimum absolute atomic E-state index is 0.250. The summed E-state index contributed by atoms with van der Waals surface area (Å²) >= 11 is 0. The van der Waals surface area contributed by atoms with Crippen LogP contribution >= 0.6 is 0 Å².